The van der Waals surface area contributed by atoms with Crippen LogP contribution in [0.25, 0.3) is 33.9 Å². The summed E-state index contributed by atoms with van der Waals surface area (Å²) in [6, 6.07) is 34.9. The molecule has 4 aromatic rings. The molecular formula is C30H25. The van der Waals surface area contributed by atoms with Gasteiger partial charge in [-0.1, -0.05) is 110 Å². The molecule has 0 spiro atoms. The maximum atomic E-state index is 2.38. The van der Waals surface area contributed by atoms with Crippen LogP contribution in [-0.4, -0.2) is 0 Å². The lowest BCUT2D eigenvalue weighted by molar-refractivity contribution is 0.923. The normalized spacial score (nSPS) is 12.5. The summed E-state index contributed by atoms with van der Waals surface area (Å²) in [5, 5.41) is 0. The van der Waals surface area contributed by atoms with E-state index in [0.29, 0.717) is 0 Å². The smallest absolute Gasteiger partial charge is 0.0211 e. The largest absolute Gasteiger partial charge is 0.0651 e. The van der Waals surface area contributed by atoms with Crippen LogP contribution in [0.15, 0.2) is 97.1 Å². The molecule has 1 radical (unpaired) electrons. The molecule has 1 aliphatic rings. The van der Waals surface area contributed by atoms with E-state index in [4.69, 9.17) is 0 Å². The van der Waals surface area contributed by atoms with E-state index in [9.17, 15) is 0 Å². The van der Waals surface area contributed by atoms with Gasteiger partial charge in [0, 0.05) is 6.42 Å². The first-order valence-corrected chi connectivity index (χ1v) is 10.8. The Morgan fingerprint density at radius 3 is 1.93 bits per heavy atom. The summed E-state index contributed by atoms with van der Waals surface area (Å²) >= 11 is 0. The first-order valence-electron chi connectivity index (χ1n) is 10.8. The van der Waals surface area contributed by atoms with Crippen molar-refractivity contribution in [3.63, 3.8) is 0 Å². The number of allylic oxidation sites excluding steroid dienone is 1. The van der Waals surface area contributed by atoms with Gasteiger partial charge in [0.1, 0.15) is 0 Å². The highest BCUT2D eigenvalue weighted by Gasteiger charge is 2.22. The lowest BCUT2D eigenvalue weighted by atomic mass is 9.86. The van der Waals surface area contributed by atoms with Gasteiger partial charge >= 0.3 is 0 Å². The first kappa shape index (κ1) is 18.6. The van der Waals surface area contributed by atoms with Crippen LogP contribution in [-0.2, 0) is 6.42 Å². The van der Waals surface area contributed by atoms with Gasteiger partial charge in [0.15, 0.2) is 0 Å². The monoisotopic (exact) mass is 385 g/mol. The van der Waals surface area contributed by atoms with Crippen molar-refractivity contribution in [2.24, 2.45) is 0 Å². The predicted octanol–water partition coefficient (Wildman–Crippen LogP) is 8.08. The molecule has 0 heterocycles. The highest BCUT2D eigenvalue weighted by molar-refractivity contribution is 6.01. The van der Waals surface area contributed by atoms with Gasteiger partial charge in [-0.05, 0) is 62.6 Å². The minimum atomic E-state index is 1.08. The molecule has 0 nitrogen and oxygen atoms in total. The van der Waals surface area contributed by atoms with Gasteiger partial charge in [-0.2, -0.15) is 0 Å². The molecule has 0 saturated carbocycles. The van der Waals surface area contributed by atoms with E-state index in [0.717, 1.165) is 12.8 Å². The summed E-state index contributed by atoms with van der Waals surface area (Å²) in [6.45, 7) is 2.26. The van der Waals surface area contributed by atoms with E-state index >= 15 is 0 Å². The SMILES string of the molecule is CCCc1ccc2c(c1-c1ccccc1-c1ccccc1)C=C(c1ccccc1)[CH]2. The van der Waals surface area contributed by atoms with Crippen molar-refractivity contribution in [3.8, 4) is 22.3 Å². The number of hydrogen-bond donors (Lipinski definition) is 0. The Morgan fingerprint density at radius 2 is 1.23 bits per heavy atom. The van der Waals surface area contributed by atoms with E-state index in [1.165, 1.54) is 50.1 Å². The molecule has 145 valence electrons. The Labute approximate surface area is 179 Å². The lowest BCUT2D eigenvalue weighted by Crippen LogP contribution is -1.96. The van der Waals surface area contributed by atoms with E-state index in [-0.39, 0.29) is 0 Å². The number of benzene rings is 4. The standard InChI is InChI=1S/C30H25/c1-2-11-24-18-19-25-20-26(22-12-5-3-6-13-22)21-29(25)30(24)28-17-10-9-16-27(28)23-14-7-4-8-15-23/h3-10,12-21H,2,11H2,1H3. The third-order valence-corrected chi connectivity index (χ3v) is 5.88. The second-order valence-electron chi connectivity index (χ2n) is 7.87. The molecule has 1 aliphatic carbocycles. The van der Waals surface area contributed by atoms with Crippen LogP contribution >= 0.6 is 0 Å². The van der Waals surface area contributed by atoms with Crippen molar-refractivity contribution in [2.75, 3.05) is 0 Å². The van der Waals surface area contributed by atoms with E-state index in [1.807, 2.05) is 0 Å². The van der Waals surface area contributed by atoms with Crippen LogP contribution in [0.4, 0.5) is 0 Å². The summed E-state index contributed by atoms with van der Waals surface area (Å²) in [7, 11) is 0. The van der Waals surface area contributed by atoms with Crippen molar-refractivity contribution in [1.82, 2.24) is 0 Å². The van der Waals surface area contributed by atoms with E-state index in [1.54, 1.807) is 0 Å². The van der Waals surface area contributed by atoms with Crippen LogP contribution in [0.1, 0.15) is 35.6 Å². The van der Waals surface area contributed by atoms with E-state index < -0.39 is 0 Å². The third-order valence-electron chi connectivity index (χ3n) is 5.88. The van der Waals surface area contributed by atoms with Crippen molar-refractivity contribution < 1.29 is 0 Å². The summed E-state index contributed by atoms with van der Waals surface area (Å²) in [6.07, 6.45) is 6.93. The summed E-state index contributed by atoms with van der Waals surface area (Å²) in [5.74, 6) is 0. The topological polar surface area (TPSA) is 0 Å². The summed E-state index contributed by atoms with van der Waals surface area (Å²) in [4.78, 5) is 0. The second kappa shape index (κ2) is 8.16. The zero-order chi connectivity index (χ0) is 20.3. The van der Waals surface area contributed by atoms with Crippen LogP contribution < -0.4 is 0 Å². The van der Waals surface area contributed by atoms with Crippen LogP contribution in [0.3, 0.4) is 0 Å². The van der Waals surface area contributed by atoms with Gasteiger partial charge in [-0.15, -0.1) is 0 Å². The second-order valence-corrected chi connectivity index (χ2v) is 7.87. The van der Waals surface area contributed by atoms with Gasteiger partial charge in [0.25, 0.3) is 0 Å². The summed E-state index contributed by atoms with van der Waals surface area (Å²) < 4.78 is 0. The molecule has 5 rings (SSSR count). The van der Waals surface area contributed by atoms with Crippen molar-refractivity contribution in [1.29, 1.82) is 0 Å². The quantitative estimate of drug-likeness (QED) is 0.326. The van der Waals surface area contributed by atoms with Crippen molar-refractivity contribution >= 4 is 11.6 Å². The Morgan fingerprint density at radius 1 is 0.600 bits per heavy atom. The molecule has 0 fully saturated rings. The fourth-order valence-electron chi connectivity index (χ4n) is 4.49. The van der Waals surface area contributed by atoms with Crippen molar-refractivity contribution in [3.05, 3.63) is 126 Å². The maximum Gasteiger partial charge on any atom is 0.0211 e. The molecule has 30 heavy (non-hydrogen) atoms. The number of rotatable bonds is 5. The van der Waals surface area contributed by atoms with Crippen LogP contribution in [0, 0.1) is 6.42 Å². The van der Waals surface area contributed by atoms with Gasteiger partial charge in [-0.3, -0.25) is 0 Å². The van der Waals surface area contributed by atoms with Gasteiger partial charge < -0.3 is 0 Å². The Hall–Kier alpha value is -3.38. The highest BCUT2D eigenvalue weighted by Crippen LogP contribution is 2.43. The Balaban J connectivity index is 1.73. The fraction of sp³-hybridized carbons (Fsp3) is 0.100. The molecule has 0 amide bonds. The van der Waals surface area contributed by atoms with Gasteiger partial charge in [0.05, 0.1) is 0 Å². The predicted molar refractivity (Wildman–Crippen MR) is 129 cm³/mol. The number of aryl methyl sites for hydroxylation is 1. The van der Waals surface area contributed by atoms with Crippen LogP contribution in [0.2, 0.25) is 0 Å². The zero-order valence-electron chi connectivity index (χ0n) is 17.3. The maximum absolute atomic E-state index is 2.38. The third kappa shape index (κ3) is 3.39. The molecule has 0 unspecified atom stereocenters. The average molecular weight is 386 g/mol. The van der Waals surface area contributed by atoms with Crippen LogP contribution in [0.5, 0.6) is 0 Å². The van der Waals surface area contributed by atoms with Gasteiger partial charge in [-0.25, -0.2) is 0 Å². The minimum Gasteiger partial charge on any atom is -0.0651 e. The summed E-state index contributed by atoms with van der Waals surface area (Å²) in [5.41, 5.74) is 11.9. The zero-order valence-corrected chi connectivity index (χ0v) is 17.3. The lowest BCUT2D eigenvalue weighted by Gasteiger charge is -2.18. The molecule has 0 heteroatoms. The molecule has 0 bridgehead atoms. The molecule has 0 saturated heterocycles. The molecule has 0 N–H and O–H groups in total. The molecule has 0 aromatic heterocycles. The highest BCUT2D eigenvalue weighted by atomic mass is 14.3. The minimum absolute atomic E-state index is 1.08. The first-order chi connectivity index (χ1) is 14.8. The van der Waals surface area contributed by atoms with Crippen molar-refractivity contribution in [2.45, 2.75) is 19.8 Å². The van der Waals surface area contributed by atoms with Gasteiger partial charge in [0.2, 0.25) is 0 Å². The molecular weight excluding hydrogens is 360 g/mol. The Bertz CT molecular complexity index is 1200. The average Bonchev–Trinajstić information content (AvgIpc) is 3.25. The fourth-order valence-corrected chi connectivity index (χ4v) is 4.49. The number of hydrogen-bond acceptors (Lipinski definition) is 0. The Kier molecular flexibility index (Phi) is 5.07. The molecule has 0 atom stereocenters. The number of fused-ring (bicyclic) bond motifs is 1. The molecule has 4 aromatic carbocycles. The van der Waals surface area contributed by atoms with E-state index in [2.05, 4.69) is 116 Å². The molecule has 0 aliphatic heterocycles.